The highest BCUT2D eigenvalue weighted by atomic mass is 16.5. The fourth-order valence-electron chi connectivity index (χ4n) is 1.91. The van der Waals surface area contributed by atoms with Crippen molar-refractivity contribution in [3.05, 3.63) is 18.1 Å². The second kappa shape index (κ2) is 5.94. The highest BCUT2D eigenvalue weighted by Gasteiger charge is 2.18. The van der Waals surface area contributed by atoms with Crippen LogP contribution in [0.25, 0.3) is 11.6 Å². The molecule has 104 valence electrons. The van der Waals surface area contributed by atoms with Crippen LogP contribution >= 0.6 is 0 Å². The first-order valence-electron chi connectivity index (χ1n) is 6.45. The van der Waals surface area contributed by atoms with E-state index in [1.54, 1.807) is 10.9 Å². The molecule has 19 heavy (non-hydrogen) atoms. The zero-order valence-corrected chi connectivity index (χ0v) is 11.6. The second-order valence-electron chi connectivity index (χ2n) is 4.39. The molecule has 1 atom stereocenters. The molecule has 2 N–H and O–H groups in total. The second-order valence-corrected chi connectivity index (χ2v) is 4.39. The van der Waals surface area contributed by atoms with Crippen LogP contribution in [-0.2, 0) is 7.05 Å². The number of rotatable bonds is 6. The first-order chi connectivity index (χ1) is 9.15. The predicted octanol–water partition coefficient (Wildman–Crippen LogP) is 0.812. The highest BCUT2D eigenvalue weighted by molar-refractivity contribution is 5.45. The van der Waals surface area contributed by atoms with Gasteiger partial charge in [0.2, 0.25) is 0 Å². The van der Waals surface area contributed by atoms with Crippen LogP contribution in [-0.4, -0.2) is 44.5 Å². The van der Waals surface area contributed by atoms with E-state index in [1.165, 1.54) is 0 Å². The Labute approximate surface area is 112 Å². The average Bonchev–Trinajstić information content (AvgIpc) is 3.03. The molecule has 7 heteroatoms. The summed E-state index contributed by atoms with van der Waals surface area (Å²) in [6, 6.07) is 1.58. The van der Waals surface area contributed by atoms with Crippen molar-refractivity contribution in [1.82, 2.24) is 24.8 Å². The molecule has 2 aromatic rings. The normalized spacial score (nSPS) is 13.1. The SMILES string of the molecule is CCN(CC)CC(N)c1noc(-c2ccnn2C)n1. The Morgan fingerprint density at radius 1 is 1.42 bits per heavy atom. The molecule has 2 heterocycles. The third-order valence-electron chi connectivity index (χ3n) is 3.16. The molecular formula is C12H20N6O. The van der Waals surface area contributed by atoms with Crippen LogP contribution < -0.4 is 5.73 Å². The van der Waals surface area contributed by atoms with Crippen molar-refractivity contribution in [3.63, 3.8) is 0 Å². The first kappa shape index (κ1) is 13.7. The minimum Gasteiger partial charge on any atom is -0.332 e. The van der Waals surface area contributed by atoms with Gasteiger partial charge in [0, 0.05) is 19.8 Å². The molecule has 0 saturated heterocycles. The van der Waals surface area contributed by atoms with Crippen LogP contribution in [0.1, 0.15) is 25.7 Å². The summed E-state index contributed by atoms with van der Waals surface area (Å²) in [6.07, 6.45) is 1.69. The van der Waals surface area contributed by atoms with E-state index >= 15 is 0 Å². The average molecular weight is 264 g/mol. The number of nitrogens with two attached hydrogens (primary N) is 1. The van der Waals surface area contributed by atoms with Gasteiger partial charge in [0.25, 0.3) is 5.89 Å². The summed E-state index contributed by atoms with van der Waals surface area (Å²) in [5.41, 5.74) is 6.89. The van der Waals surface area contributed by atoms with Gasteiger partial charge in [-0.05, 0) is 19.2 Å². The van der Waals surface area contributed by atoms with Crippen LogP contribution in [0.3, 0.4) is 0 Å². The quantitative estimate of drug-likeness (QED) is 0.831. The Kier molecular flexibility index (Phi) is 4.28. The molecule has 0 radical (unpaired) electrons. The monoisotopic (exact) mass is 264 g/mol. The molecule has 0 spiro atoms. The zero-order valence-electron chi connectivity index (χ0n) is 11.6. The number of likely N-dealkylation sites (N-methyl/N-ethyl adjacent to an activating group) is 1. The highest BCUT2D eigenvalue weighted by Crippen LogP contribution is 2.17. The Morgan fingerprint density at radius 3 is 2.74 bits per heavy atom. The summed E-state index contributed by atoms with van der Waals surface area (Å²) in [6.45, 7) is 6.84. The van der Waals surface area contributed by atoms with E-state index in [-0.39, 0.29) is 6.04 Å². The molecule has 0 aliphatic carbocycles. The third-order valence-corrected chi connectivity index (χ3v) is 3.16. The van der Waals surface area contributed by atoms with Crippen molar-refractivity contribution in [3.8, 4) is 11.6 Å². The fraction of sp³-hybridized carbons (Fsp3) is 0.583. The van der Waals surface area contributed by atoms with Crippen molar-refractivity contribution in [2.45, 2.75) is 19.9 Å². The molecule has 0 aliphatic heterocycles. The van der Waals surface area contributed by atoms with E-state index in [0.717, 1.165) is 25.3 Å². The maximum Gasteiger partial charge on any atom is 0.276 e. The summed E-state index contributed by atoms with van der Waals surface area (Å²) in [4.78, 5) is 6.57. The Bertz CT molecular complexity index is 516. The maximum atomic E-state index is 6.10. The fourth-order valence-corrected chi connectivity index (χ4v) is 1.91. The van der Waals surface area contributed by atoms with E-state index in [0.29, 0.717) is 11.7 Å². The first-order valence-corrected chi connectivity index (χ1v) is 6.45. The van der Waals surface area contributed by atoms with Gasteiger partial charge in [-0.25, -0.2) is 0 Å². The van der Waals surface area contributed by atoms with Crippen molar-refractivity contribution in [2.75, 3.05) is 19.6 Å². The number of aromatic nitrogens is 4. The summed E-state index contributed by atoms with van der Waals surface area (Å²) in [5, 5.41) is 8.03. The van der Waals surface area contributed by atoms with Crippen molar-refractivity contribution in [2.24, 2.45) is 12.8 Å². The topological polar surface area (TPSA) is 86.0 Å². The number of hydrogen-bond donors (Lipinski definition) is 1. The molecule has 7 nitrogen and oxygen atoms in total. The molecule has 0 fully saturated rings. The van der Waals surface area contributed by atoms with Gasteiger partial charge < -0.3 is 15.2 Å². The van der Waals surface area contributed by atoms with Gasteiger partial charge in [0.05, 0.1) is 6.04 Å². The molecule has 0 aromatic carbocycles. The molecule has 2 rings (SSSR count). The molecule has 0 saturated carbocycles. The molecule has 2 aromatic heterocycles. The number of nitrogens with zero attached hydrogens (tertiary/aromatic N) is 5. The van der Waals surface area contributed by atoms with Crippen LogP contribution in [0.15, 0.2) is 16.8 Å². The van der Waals surface area contributed by atoms with Gasteiger partial charge in [0.1, 0.15) is 5.69 Å². The zero-order chi connectivity index (χ0) is 13.8. The van der Waals surface area contributed by atoms with E-state index < -0.39 is 0 Å². The van der Waals surface area contributed by atoms with Gasteiger partial charge >= 0.3 is 0 Å². The maximum absolute atomic E-state index is 6.10. The summed E-state index contributed by atoms with van der Waals surface area (Å²) >= 11 is 0. The lowest BCUT2D eigenvalue weighted by Crippen LogP contribution is -2.32. The third kappa shape index (κ3) is 2.99. The Balaban J connectivity index is 2.11. The largest absolute Gasteiger partial charge is 0.332 e. The van der Waals surface area contributed by atoms with Gasteiger partial charge in [-0.15, -0.1) is 0 Å². The lowest BCUT2D eigenvalue weighted by atomic mass is 10.2. The van der Waals surface area contributed by atoms with E-state index in [9.17, 15) is 0 Å². The Morgan fingerprint density at radius 2 is 2.16 bits per heavy atom. The number of hydrogen-bond acceptors (Lipinski definition) is 6. The van der Waals surface area contributed by atoms with E-state index in [1.807, 2.05) is 13.1 Å². The molecular weight excluding hydrogens is 244 g/mol. The van der Waals surface area contributed by atoms with Crippen LogP contribution in [0.4, 0.5) is 0 Å². The van der Waals surface area contributed by atoms with Crippen molar-refractivity contribution < 1.29 is 4.52 Å². The summed E-state index contributed by atoms with van der Waals surface area (Å²) in [5.74, 6) is 0.980. The summed E-state index contributed by atoms with van der Waals surface area (Å²) in [7, 11) is 1.83. The molecule has 0 bridgehead atoms. The Hall–Kier alpha value is -1.73. The van der Waals surface area contributed by atoms with Crippen LogP contribution in [0.5, 0.6) is 0 Å². The van der Waals surface area contributed by atoms with E-state index in [2.05, 4.69) is 34.0 Å². The van der Waals surface area contributed by atoms with Crippen molar-refractivity contribution in [1.29, 1.82) is 0 Å². The molecule has 1 unspecified atom stereocenters. The predicted molar refractivity (Wildman–Crippen MR) is 71.2 cm³/mol. The lowest BCUT2D eigenvalue weighted by molar-refractivity contribution is 0.278. The van der Waals surface area contributed by atoms with E-state index in [4.69, 9.17) is 10.3 Å². The van der Waals surface area contributed by atoms with Crippen LogP contribution in [0.2, 0.25) is 0 Å². The van der Waals surface area contributed by atoms with Gasteiger partial charge in [-0.2, -0.15) is 10.1 Å². The minimum absolute atomic E-state index is 0.245. The van der Waals surface area contributed by atoms with Gasteiger partial charge in [-0.3, -0.25) is 4.68 Å². The van der Waals surface area contributed by atoms with Gasteiger partial charge in [0.15, 0.2) is 5.82 Å². The number of aryl methyl sites for hydroxylation is 1. The minimum atomic E-state index is -0.245. The summed E-state index contributed by atoms with van der Waals surface area (Å²) < 4.78 is 6.93. The molecule has 0 aliphatic rings. The standard InChI is InChI=1S/C12H20N6O/c1-4-18(5-2)8-9(13)11-15-12(19-16-11)10-6-7-14-17(10)3/h6-7,9H,4-5,8,13H2,1-3H3. The lowest BCUT2D eigenvalue weighted by Gasteiger charge is -2.20. The van der Waals surface area contributed by atoms with Gasteiger partial charge in [-0.1, -0.05) is 19.0 Å². The van der Waals surface area contributed by atoms with Crippen LogP contribution in [0, 0.1) is 0 Å². The molecule has 0 amide bonds. The smallest absolute Gasteiger partial charge is 0.276 e. The van der Waals surface area contributed by atoms with Crippen molar-refractivity contribution >= 4 is 0 Å².